The van der Waals surface area contributed by atoms with E-state index in [-0.39, 0.29) is 12.0 Å². The summed E-state index contributed by atoms with van der Waals surface area (Å²) in [5.41, 5.74) is 1.74. The predicted molar refractivity (Wildman–Crippen MR) is 76.4 cm³/mol. The number of carboxylic acid groups (broad SMARTS) is 1. The molecule has 104 valence electrons. The third-order valence-electron chi connectivity index (χ3n) is 3.79. The molecule has 20 heavy (non-hydrogen) atoms. The van der Waals surface area contributed by atoms with E-state index in [1.807, 2.05) is 30.3 Å². The van der Waals surface area contributed by atoms with Crippen LogP contribution in [0.2, 0.25) is 0 Å². The Kier molecular flexibility index (Phi) is 3.38. The lowest BCUT2D eigenvalue weighted by atomic mass is 9.88. The molecule has 1 saturated heterocycles. The van der Waals surface area contributed by atoms with E-state index in [0.29, 0.717) is 19.6 Å². The van der Waals surface area contributed by atoms with Crippen LogP contribution in [0.1, 0.15) is 12.0 Å². The molecule has 3 rings (SSSR count). The zero-order valence-corrected chi connectivity index (χ0v) is 11.1. The molecular formula is C15H17N3O2. The number of benzene rings is 1. The second kappa shape index (κ2) is 5.19. The van der Waals surface area contributed by atoms with E-state index in [4.69, 9.17) is 5.11 Å². The maximum Gasteiger partial charge on any atom is 0.305 e. The lowest BCUT2D eigenvalue weighted by molar-refractivity contribution is -0.139. The summed E-state index contributed by atoms with van der Waals surface area (Å²) in [6.07, 6.45) is 1.92. The van der Waals surface area contributed by atoms with Crippen LogP contribution in [-0.2, 0) is 11.3 Å². The minimum Gasteiger partial charge on any atom is -0.481 e. The summed E-state index contributed by atoms with van der Waals surface area (Å²) in [6, 6.07) is 10.0. The van der Waals surface area contributed by atoms with Gasteiger partial charge in [0.25, 0.3) is 0 Å². The zero-order valence-electron chi connectivity index (χ0n) is 11.1. The number of aliphatic carboxylic acids is 1. The number of fused-ring (bicyclic) bond motifs is 1. The fraction of sp³-hybridized carbons (Fsp3) is 0.333. The van der Waals surface area contributed by atoms with Crippen LogP contribution in [0.25, 0.3) is 10.9 Å². The van der Waals surface area contributed by atoms with Gasteiger partial charge in [-0.1, -0.05) is 24.3 Å². The first kappa shape index (κ1) is 13.0. The van der Waals surface area contributed by atoms with Gasteiger partial charge in [-0.05, 0) is 11.6 Å². The van der Waals surface area contributed by atoms with E-state index < -0.39 is 5.97 Å². The molecule has 3 N–H and O–H groups in total. The first-order chi connectivity index (χ1) is 9.69. The fourth-order valence-electron chi connectivity index (χ4n) is 2.62. The number of rotatable bonds is 5. The average molecular weight is 271 g/mol. The highest BCUT2D eigenvalue weighted by Crippen LogP contribution is 2.20. The van der Waals surface area contributed by atoms with Crippen LogP contribution in [0.3, 0.4) is 0 Å². The number of nitrogens with one attached hydrogen (secondary N) is 2. The molecule has 0 amide bonds. The molecule has 1 fully saturated rings. The molecule has 1 aliphatic rings. The number of pyridine rings is 1. The first-order valence-electron chi connectivity index (χ1n) is 6.69. The third kappa shape index (κ3) is 2.50. The summed E-state index contributed by atoms with van der Waals surface area (Å²) in [6.45, 7) is 2.01. The van der Waals surface area contributed by atoms with Gasteiger partial charge < -0.3 is 15.7 Å². The summed E-state index contributed by atoms with van der Waals surface area (Å²) < 4.78 is 0. The highest BCUT2D eigenvalue weighted by atomic mass is 16.4. The van der Waals surface area contributed by atoms with E-state index >= 15 is 0 Å². The Labute approximate surface area is 117 Å². The predicted octanol–water partition coefficient (Wildman–Crippen LogP) is 1.14. The smallest absolute Gasteiger partial charge is 0.305 e. The van der Waals surface area contributed by atoms with Gasteiger partial charge in [0.2, 0.25) is 0 Å². The number of hydrogen-bond donors (Lipinski definition) is 3. The molecule has 0 saturated carbocycles. The van der Waals surface area contributed by atoms with Crippen molar-refractivity contribution in [3.8, 4) is 0 Å². The lowest BCUT2D eigenvalue weighted by Gasteiger charge is -2.42. The molecule has 0 aliphatic carbocycles. The molecule has 1 aromatic carbocycles. The summed E-state index contributed by atoms with van der Waals surface area (Å²) in [4.78, 5) is 15.4. The Hall–Kier alpha value is -1.98. The minimum absolute atomic E-state index is 0.137. The van der Waals surface area contributed by atoms with Crippen LogP contribution in [0.4, 0.5) is 0 Å². The fourth-order valence-corrected chi connectivity index (χ4v) is 2.62. The van der Waals surface area contributed by atoms with Crippen molar-refractivity contribution in [1.82, 2.24) is 15.6 Å². The van der Waals surface area contributed by atoms with Crippen molar-refractivity contribution in [2.45, 2.75) is 18.5 Å². The minimum atomic E-state index is -0.768. The molecule has 1 aromatic heterocycles. The van der Waals surface area contributed by atoms with Crippen molar-refractivity contribution >= 4 is 16.9 Å². The molecule has 2 aromatic rings. The molecule has 0 radical (unpaired) electrons. The van der Waals surface area contributed by atoms with Gasteiger partial charge in [-0.2, -0.15) is 0 Å². The highest BCUT2D eigenvalue weighted by Gasteiger charge is 2.38. The number of carbonyl (C=O) groups is 1. The van der Waals surface area contributed by atoms with Gasteiger partial charge in [-0.3, -0.25) is 9.78 Å². The lowest BCUT2D eigenvalue weighted by Crippen LogP contribution is -2.68. The number of nitrogens with zero attached hydrogens (tertiary/aromatic N) is 1. The number of carboxylic acids is 1. The van der Waals surface area contributed by atoms with Crippen LogP contribution in [0.5, 0.6) is 0 Å². The standard InChI is InChI=1S/C15H17N3O2/c19-13(20)7-15(9-16-10-15)18-8-12-4-1-3-11-5-2-6-17-14(11)12/h1-6,16,18H,7-10H2,(H,19,20). The van der Waals surface area contributed by atoms with Gasteiger partial charge >= 0.3 is 5.97 Å². The van der Waals surface area contributed by atoms with Crippen LogP contribution >= 0.6 is 0 Å². The average Bonchev–Trinajstić information content (AvgIpc) is 2.41. The van der Waals surface area contributed by atoms with Crippen molar-refractivity contribution in [1.29, 1.82) is 0 Å². The van der Waals surface area contributed by atoms with Crippen molar-refractivity contribution in [3.05, 3.63) is 42.1 Å². The third-order valence-corrected chi connectivity index (χ3v) is 3.79. The molecule has 0 unspecified atom stereocenters. The van der Waals surface area contributed by atoms with Crippen molar-refractivity contribution in [3.63, 3.8) is 0 Å². The molecule has 0 bridgehead atoms. The molecule has 0 spiro atoms. The van der Waals surface area contributed by atoms with E-state index in [9.17, 15) is 4.79 Å². The quantitative estimate of drug-likeness (QED) is 0.760. The Bertz CT molecular complexity index is 633. The van der Waals surface area contributed by atoms with Gasteiger partial charge in [0.05, 0.1) is 17.5 Å². The van der Waals surface area contributed by atoms with Crippen molar-refractivity contribution in [2.75, 3.05) is 13.1 Å². The van der Waals surface area contributed by atoms with Crippen LogP contribution in [0.15, 0.2) is 36.5 Å². The maximum absolute atomic E-state index is 11.0. The van der Waals surface area contributed by atoms with E-state index in [1.165, 1.54) is 0 Å². The Morgan fingerprint density at radius 3 is 2.85 bits per heavy atom. The van der Waals surface area contributed by atoms with Gasteiger partial charge in [0.1, 0.15) is 0 Å². The van der Waals surface area contributed by atoms with Crippen molar-refractivity contribution < 1.29 is 9.90 Å². The number of aromatic nitrogens is 1. The summed E-state index contributed by atoms with van der Waals surface area (Å²) in [5, 5.41) is 16.6. The van der Waals surface area contributed by atoms with Gasteiger partial charge in [0.15, 0.2) is 0 Å². The summed E-state index contributed by atoms with van der Waals surface area (Å²) >= 11 is 0. The van der Waals surface area contributed by atoms with E-state index in [2.05, 4.69) is 15.6 Å². The molecular weight excluding hydrogens is 254 g/mol. The largest absolute Gasteiger partial charge is 0.481 e. The Morgan fingerprint density at radius 1 is 1.35 bits per heavy atom. The van der Waals surface area contributed by atoms with Gasteiger partial charge in [-0.15, -0.1) is 0 Å². The SMILES string of the molecule is O=C(O)CC1(NCc2cccc3cccnc23)CNC1. The Morgan fingerprint density at radius 2 is 2.15 bits per heavy atom. The molecule has 1 aliphatic heterocycles. The highest BCUT2D eigenvalue weighted by molar-refractivity contribution is 5.81. The van der Waals surface area contributed by atoms with Gasteiger partial charge in [0, 0.05) is 31.2 Å². The van der Waals surface area contributed by atoms with Crippen molar-refractivity contribution in [2.24, 2.45) is 0 Å². The van der Waals surface area contributed by atoms with Crippen LogP contribution < -0.4 is 10.6 Å². The monoisotopic (exact) mass is 271 g/mol. The number of para-hydroxylation sites is 1. The summed E-state index contributed by atoms with van der Waals surface area (Å²) in [5.74, 6) is -0.768. The molecule has 2 heterocycles. The van der Waals surface area contributed by atoms with Crippen LogP contribution in [0, 0.1) is 0 Å². The second-order valence-corrected chi connectivity index (χ2v) is 5.30. The van der Waals surface area contributed by atoms with Gasteiger partial charge in [-0.25, -0.2) is 0 Å². The zero-order chi connectivity index (χ0) is 14.0. The number of hydrogen-bond acceptors (Lipinski definition) is 4. The first-order valence-corrected chi connectivity index (χ1v) is 6.69. The molecule has 5 heteroatoms. The normalized spacial score (nSPS) is 16.8. The maximum atomic E-state index is 11.0. The summed E-state index contributed by atoms with van der Waals surface area (Å²) in [7, 11) is 0. The van der Waals surface area contributed by atoms with Crippen LogP contribution in [-0.4, -0.2) is 34.7 Å². The van der Waals surface area contributed by atoms with E-state index in [0.717, 1.165) is 16.5 Å². The second-order valence-electron chi connectivity index (χ2n) is 5.30. The topological polar surface area (TPSA) is 74.2 Å². The molecule has 0 atom stereocenters. The Balaban J connectivity index is 1.78. The molecule has 5 nitrogen and oxygen atoms in total. The van der Waals surface area contributed by atoms with E-state index in [1.54, 1.807) is 6.20 Å².